The second kappa shape index (κ2) is 12.2. The molecule has 0 saturated carbocycles. The van der Waals surface area contributed by atoms with Gasteiger partial charge in [0.2, 0.25) is 0 Å². The van der Waals surface area contributed by atoms with Crippen molar-refractivity contribution in [3.8, 4) is 0 Å². The lowest BCUT2D eigenvalue weighted by atomic mass is 9.78. The summed E-state index contributed by atoms with van der Waals surface area (Å²) in [6.07, 6.45) is 7.71. The van der Waals surface area contributed by atoms with Gasteiger partial charge in [-0.1, -0.05) is 65.5 Å². The number of unbranched alkanes of at least 4 members (excludes halogenated alkanes) is 3. The average molecular weight is 312 g/mol. The van der Waals surface area contributed by atoms with E-state index in [4.69, 9.17) is 9.47 Å². The molecule has 0 radical (unpaired) electrons. The number of carbonyl (C=O) groups excluding carboxylic acids is 2. The molecule has 0 bridgehead atoms. The van der Waals surface area contributed by atoms with Crippen LogP contribution in [0.3, 0.4) is 0 Å². The molecule has 0 aromatic heterocycles. The summed E-state index contributed by atoms with van der Waals surface area (Å²) in [6, 6.07) is 0. The third-order valence-electron chi connectivity index (χ3n) is 3.76. The highest BCUT2D eigenvalue weighted by Gasteiger charge is 2.47. The fraction of sp³-hybridized carbons (Fsp3) is 0.778. The summed E-state index contributed by atoms with van der Waals surface area (Å²) in [6.45, 7) is 10.2. The van der Waals surface area contributed by atoms with E-state index in [1.807, 2.05) is 20.8 Å². The van der Waals surface area contributed by atoms with Crippen LogP contribution in [0.4, 0.5) is 0 Å². The summed E-state index contributed by atoms with van der Waals surface area (Å²) in [4.78, 5) is 25.1. The molecule has 0 spiro atoms. The molecule has 0 amide bonds. The zero-order valence-electron chi connectivity index (χ0n) is 14.5. The van der Waals surface area contributed by atoms with Gasteiger partial charge in [-0.05, 0) is 19.3 Å². The van der Waals surface area contributed by atoms with Crippen LogP contribution >= 0.6 is 0 Å². The maximum Gasteiger partial charge on any atom is 0.323 e. The van der Waals surface area contributed by atoms with Crippen LogP contribution in [0.1, 0.15) is 72.1 Å². The molecule has 0 atom stereocenters. The van der Waals surface area contributed by atoms with Gasteiger partial charge in [0.05, 0.1) is 6.61 Å². The lowest BCUT2D eigenvalue weighted by Crippen LogP contribution is -2.42. The van der Waals surface area contributed by atoms with Crippen molar-refractivity contribution >= 4 is 11.9 Å². The van der Waals surface area contributed by atoms with Crippen LogP contribution in [0.5, 0.6) is 0 Å². The second-order valence-corrected chi connectivity index (χ2v) is 5.67. The zero-order chi connectivity index (χ0) is 16.8. The topological polar surface area (TPSA) is 52.6 Å². The van der Waals surface area contributed by atoms with Crippen molar-refractivity contribution in [3.63, 3.8) is 0 Å². The lowest BCUT2D eigenvalue weighted by Gasteiger charge is -2.29. The maximum absolute atomic E-state index is 12.6. The zero-order valence-corrected chi connectivity index (χ0v) is 14.5. The normalized spacial score (nSPS) is 11.0. The van der Waals surface area contributed by atoms with Crippen LogP contribution in [0.2, 0.25) is 0 Å². The number of hydrogen-bond acceptors (Lipinski definition) is 4. The van der Waals surface area contributed by atoms with Crippen LogP contribution in [0.25, 0.3) is 0 Å². The quantitative estimate of drug-likeness (QED) is 0.218. The molecule has 22 heavy (non-hydrogen) atoms. The van der Waals surface area contributed by atoms with Crippen molar-refractivity contribution in [2.75, 3.05) is 13.2 Å². The molecule has 0 aromatic carbocycles. The number of hydrogen-bond donors (Lipinski definition) is 0. The van der Waals surface area contributed by atoms with Gasteiger partial charge >= 0.3 is 11.9 Å². The highest BCUT2D eigenvalue weighted by molar-refractivity contribution is 6.00. The molecular formula is C18H32O4. The van der Waals surface area contributed by atoms with Gasteiger partial charge in [-0.15, -0.1) is 0 Å². The molecular weight excluding hydrogens is 280 g/mol. The van der Waals surface area contributed by atoms with E-state index in [1.54, 1.807) is 0 Å². The molecule has 4 heteroatoms. The van der Waals surface area contributed by atoms with Crippen molar-refractivity contribution in [1.29, 1.82) is 0 Å². The van der Waals surface area contributed by atoms with Gasteiger partial charge in [0.1, 0.15) is 6.61 Å². The monoisotopic (exact) mass is 312 g/mol. The molecule has 0 aromatic rings. The standard InChI is InChI=1S/C18H32O4/c1-5-9-12-18(13-10-6-2,16(19)21-14-8-4)17(20)22-15-11-7-3/h8H,4-7,9-15H2,1-3H3. The molecule has 0 saturated heterocycles. The summed E-state index contributed by atoms with van der Waals surface area (Å²) in [5.41, 5.74) is -1.15. The number of rotatable bonds is 13. The molecule has 0 aliphatic rings. The van der Waals surface area contributed by atoms with Gasteiger partial charge in [-0.25, -0.2) is 0 Å². The van der Waals surface area contributed by atoms with E-state index in [2.05, 4.69) is 6.58 Å². The van der Waals surface area contributed by atoms with Crippen molar-refractivity contribution in [2.45, 2.75) is 72.1 Å². The van der Waals surface area contributed by atoms with E-state index >= 15 is 0 Å². The Morgan fingerprint density at radius 3 is 1.86 bits per heavy atom. The van der Waals surface area contributed by atoms with Gasteiger partial charge in [-0.2, -0.15) is 0 Å². The summed E-state index contributed by atoms with van der Waals surface area (Å²) >= 11 is 0. The first kappa shape index (κ1) is 20.7. The minimum atomic E-state index is -1.15. The molecule has 0 aliphatic carbocycles. The Morgan fingerprint density at radius 2 is 1.41 bits per heavy atom. The third-order valence-corrected chi connectivity index (χ3v) is 3.76. The fourth-order valence-corrected chi connectivity index (χ4v) is 2.29. The molecule has 128 valence electrons. The highest BCUT2D eigenvalue weighted by Crippen LogP contribution is 2.34. The number of ether oxygens (including phenoxy) is 2. The minimum Gasteiger partial charge on any atom is -0.465 e. The van der Waals surface area contributed by atoms with Crippen molar-refractivity contribution in [2.24, 2.45) is 5.41 Å². The Labute approximate surface area is 135 Å². The highest BCUT2D eigenvalue weighted by atomic mass is 16.6. The molecule has 0 N–H and O–H groups in total. The first-order valence-corrected chi connectivity index (χ1v) is 8.54. The Hall–Kier alpha value is -1.32. The van der Waals surface area contributed by atoms with E-state index in [-0.39, 0.29) is 6.61 Å². The Bertz CT molecular complexity index is 328. The fourth-order valence-electron chi connectivity index (χ4n) is 2.29. The van der Waals surface area contributed by atoms with Crippen molar-refractivity contribution < 1.29 is 19.1 Å². The summed E-state index contributed by atoms with van der Waals surface area (Å²) in [5, 5.41) is 0. The largest absolute Gasteiger partial charge is 0.465 e. The molecule has 0 rings (SSSR count). The minimum absolute atomic E-state index is 0.126. The first-order valence-electron chi connectivity index (χ1n) is 8.54. The van der Waals surface area contributed by atoms with Crippen LogP contribution in [-0.2, 0) is 19.1 Å². The van der Waals surface area contributed by atoms with E-state index in [1.165, 1.54) is 6.08 Å². The van der Waals surface area contributed by atoms with E-state index in [0.29, 0.717) is 19.4 Å². The van der Waals surface area contributed by atoms with Crippen LogP contribution < -0.4 is 0 Å². The lowest BCUT2D eigenvalue weighted by molar-refractivity contribution is -0.173. The molecule has 0 aliphatic heterocycles. The predicted octanol–water partition coefficient (Wildman–Crippen LogP) is 4.43. The summed E-state index contributed by atoms with van der Waals surface area (Å²) in [7, 11) is 0. The molecule has 4 nitrogen and oxygen atoms in total. The SMILES string of the molecule is C=CCOC(=O)C(CCCC)(CCCC)C(=O)OCCCC. The van der Waals surface area contributed by atoms with Crippen LogP contribution in [0, 0.1) is 5.41 Å². The van der Waals surface area contributed by atoms with Crippen LogP contribution in [-0.4, -0.2) is 25.2 Å². The molecule has 0 heterocycles. The summed E-state index contributed by atoms with van der Waals surface area (Å²) < 4.78 is 10.6. The van der Waals surface area contributed by atoms with Crippen molar-refractivity contribution in [3.05, 3.63) is 12.7 Å². The smallest absolute Gasteiger partial charge is 0.323 e. The molecule has 0 fully saturated rings. The van der Waals surface area contributed by atoms with Gasteiger partial charge in [0, 0.05) is 0 Å². The van der Waals surface area contributed by atoms with E-state index < -0.39 is 17.4 Å². The predicted molar refractivity (Wildman–Crippen MR) is 88.5 cm³/mol. The van der Waals surface area contributed by atoms with Gasteiger partial charge in [-0.3, -0.25) is 9.59 Å². The summed E-state index contributed by atoms with van der Waals surface area (Å²) in [5.74, 6) is -0.882. The van der Waals surface area contributed by atoms with Gasteiger partial charge < -0.3 is 9.47 Å². The van der Waals surface area contributed by atoms with E-state index in [9.17, 15) is 9.59 Å². The van der Waals surface area contributed by atoms with Crippen molar-refractivity contribution in [1.82, 2.24) is 0 Å². The van der Waals surface area contributed by atoms with E-state index in [0.717, 1.165) is 38.5 Å². The third kappa shape index (κ3) is 6.63. The maximum atomic E-state index is 12.6. The first-order chi connectivity index (χ1) is 10.6. The number of carbonyl (C=O) groups is 2. The average Bonchev–Trinajstić information content (AvgIpc) is 2.53. The van der Waals surface area contributed by atoms with Gasteiger partial charge in [0.25, 0.3) is 0 Å². The Morgan fingerprint density at radius 1 is 0.909 bits per heavy atom. The molecule has 0 unspecified atom stereocenters. The second-order valence-electron chi connectivity index (χ2n) is 5.67. The number of esters is 2. The Kier molecular flexibility index (Phi) is 11.5. The van der Waals surface area contributed by atoms with Crippen LogP contribution in [0.15, 0.2) is 12.7 Å². The Balaban J connectivity index is 5.17. The van der Waals surface area contributed by atoms with Gasteiger partial charge in [0.15, 0.2) is 5.41 Å².